The van der Waals surface area contributed by atoms with Crippen molar-refractivity contribution in [3.8, 4) is 17.2 Å². The van der Waals surface area contributed by atoms with Gasteiger partial charge in [0.25, 0.3) is 5.91 Å². The van der Waals surface area contributed by atoms with Gasteiger partial charge in [-0.3, -0.25) is 14.8 Å². The van der Waals surface area contributed by atoms with Crippen LogP contribution >= 0.6 is 11.3 Å². The molecule has 0 spiro atoms. The maximum absolute atomic E-state index is 12.9. The highest BCUT2D eigenvalue weighted by molar-refractivity contribution is 7.15. The van der Waals surface area contributed by atoms with Crippen LogP contribution in [0.1, 0.15) is 51.3 Å². The van der Waals surface area contributed by atoms with Crippen LogP contribution in [0.15, 0.2) is 60.9 Å². The quantitative estimate of drug-likeness (QED) is 0.296. The van der Waals surface area contributed by atoms with Gasteiger partial charge in [-0.2, -0.15) is 10.4 Å². The number of amides is 1. The van der Waals surface area contributed by atoms with E-state index in [1.165, 1.54) is 11.3 Å². The summed E-state index contributed by atoms with van der Waals surface area (Å²) in [6.07, 6.45) is 4.29. The van der Waals surface area contributed by atoms with Crippen LogP contribution in [0.25, 0.3) is 11.1 Å². The van der Waals surface area contributed by atoms with Crippen LogP contribution in [-0.4, -0.2) is 27.1 Å². The third kappa shape index (κ3) is 6.09. The lowest BCUT2D eigenvalue weighted by Crippen LogP contribution is -2.14. The Labute approximate surface area is 217 Å². The first-order chi connectivity index (χ1) is 18.0. The summed E-state index contributed by atoms with van der Waals surface area (Å²) in [4.78, 5) is 18.6. The largest absolute Gasteiger partial charge is 0.298 e. The molecule has 1 N–H and O–H groups in total. The number of hydrogen-bond donors (Lipinski definition) is 1. The van der Waals surface area contributed by atoms with Crippen LogP contribution in [0.2, 0.25) is 0 Å². The fraction of sp³-hybridized carbons (Fsp3) is 0.286. The molecule has 188 valence electrons. The SMILES string of the molecule is N#Cc1ccc(-c2cnn(Cc3cccc(C(=O)Nc4nc5c(s4)CC(CCC(F)F)CC5)c3)c2)cc1. The van der Waals surface area contributed by atoms with Gasteiger partial charge in [0.1, 0.15) is 0 Å². The van der Waals surface area contributed by atoms with Crippen LogP contribution in [-0.2, 0) is 19.4 Å². The molecule has 9 heteroatoms. The number of aryl methyl sites for hydroxylation is 1. The van der Waals surface area contributed by atoms with Crippen molar-refractivity contribution < 1.29 is 13.6 Å². The second-order valence-electron chi connectivity index (χ2n) is 9.24. The molecule has 1 aliphatic carbocycles. The van der Waals surface area contributed by atoms with Crippen molar-refractivity contribution in [3.05, 3.63) is 88.2 Å². The van der Waals surface area contributed by atoms with Crippen LogP contribution < -0.4 is 5.32 Å². The molecule has 2 aromatic heterocycles. The van der Waals surface area contributed by atoms with Crippen molar-refractivity contribution >= 4 is 22.4 Å². The summed E-state index contributed by atoms with van der Waals surface area (Å²) >= 11 is 1.44. The fourth-order valence-corrected chi connectivity index (χ4v) is 5.73. The van der Waals surface area contributed by atoms with Crippen LogP contribution in [0.3, 0.4) is 0 Å². The highest BCUT2D eigenvalue weighted by Gasteiger charge is 2.24. The number of rotatable bonds is 8. The molecule has 0 saturated carbocycles. The third-order valence-electron chi connectivity index (χ3n) is 6.57. The number of carbonyl (C=O) groups excluding carboxylic acids is 1. The Hall–Kier alpha value is -3.90. The second kappa shape index (κ2) is 11.0. The number of hydrogen-bond acceptors (Lipinski definition) is 5. The average molecular weight is 518 g/mol. The van der Waals surface area contributed by atoms with E-state index in [4.69, 9.17) is 5.26 Å². The lowest BCUT2D eigenvalue weighted by atomic mass is 9.88. The minimum Gasteiger partial charge on any atom is -0.298 e. The van der Waals surface area contributed by atoms with Crippen molar-refractivity contribution in [3.63, 3.8) is 0 Å². The van der Waals surface area contributed by atoms with Crippen LogP contribution in [0, 0.1) is 17.2 Å². The molecule has 0 saturated heterocycles. The van der Waals surface area contributed by atoms with Gasteiger partial charge >= 0.3 is 0 Å². The van der Waals surface area contributed by atoms with E-state index in [1.807, 2.05) is 41.2 Å². The molecule has 1 atom stereocenters. The molecule has 0 radical (unpaired) electrons. The highest BCUT2D eigenvalue weighted by Crippen LogP contribution is 2.34. The van der Waals surface area contributed by atoms with E-state index in [-0.39, 0.29) is 18.2 Å². The number of aromatic nitrogens is 3. The monoisotopic (exact) mass is 517 g/mol. The number of benzene rings is 2. The van der Waals surface area contributed by atoms with Gasteiger partial charge in [-0.1, -0.05) is 24.3 Å². The fourth-order valence-electron chi connectivity index (χ4n) is 4.61. The van der Waals surface area contributed by atoms with Gasteiger partial charge in [-0.15, -0.1) is 11.3 Å². The molecular formula is C28H25F2N5OS. The summed E-state index contributed by atoms with van der Waals surface area (Å²) < 4.78 is 26.9. The van der Waals surface area contributed by atoms with E-state index in [0.717, 1.165) is 46.5 Å². The van der Waals surface area contributed by atoms with Crippen molar-refractivity contribution in [1.82, 2.24) is 14.8 Å². The lowest BCUT2D eigenvalue weighted by molar-refractivity contribution is 0.102. The molecule has 2 aromatic carbocycles. The molecule has 5 rings (SSSR count). The number of thiazole rings is 1. The Kier molecular flexibility index (Phi) is 7.37. The van der Waals surface area contributed by atoms with Gasteiger partial charge in [0.15, 0.2) is 5.13 Å². The number of nitrogens with one attached hydrogen (secondary N) is 1. The minimum atomic E-state index is -2.26. The second-order valence-corrected chi connectivity index (χ2v) is 10.3. The number of alkyl halides is 2. The topological polar surface area (TPSA) is 83.6 Å². The van der Waals surface area contributed by atoms with Crippen molar-refractivity contribution in [2.45, 2.75) is 45.1 Å². The Morgan fingerprint density at radius 1 is 1.22 bits per heavy atom. The van der Waals surface area contributed by atoms with Gasteiger partial charge in [0.2, 0.25) is 6.43 Å². The molecule has 1 aliphatic rings. The number of anilines is 1. The number of halogens is 2. The zero-order chi connectivity index (χ0) is 25.8. The van der Waals surface area contributed by atoms with E-state index in [2.05, 4.69) is 21.5 Å². The van der Waals surface area contributed by atoms with Gasteiger partial charge in [0.05, 0.1) is 30.1 Å². The Balaban J connectivity index is 1.22. The zero-order valence-electron chi connectivity index (χ0n) is 20.0. The molecule has 0 aliphatic heterocycles. The van der Waals surface area contributed by atoms with Gasteiger partial charge < -0.3 is 0 Å². The molecule has 1 amide bonds. The summed E-state index contributed by atoms with van der Waals surface area (Å²) in [6, 6.07) is 16.8. The van der Waals surface area contributed by atoms with Crippen molar-refractivity contribution in [2.24, 2.45) is 5.92 Å². The van der Waals surface area contributed by atoms with Gasteiger partial charge in [-0.05, 0) is 67.0 Å². The average Bonchev–Trinajstić information content (AvgIpc) is 3.54. The Morgan fingerprint density at radius 2 is 2.05 bits per heavy atom. The number of fused-ring (bicyclic) bond motifs is 1. The maximum Gasteiger partial charge on any atom is 0.257 e. The summed E-state index contributed by atoms with van der Waals surface area (Å²) in [6.45, 7) is 0.503. The zero-order valence-corrected chi connectivity index (χ0v) is 20.8. The van der Waals surface area contributed by atoms with E-state index in [1.54, 1.807) is 24.4 Å². The predicted molar refractivity (Wildman–Crippen MR) is 139 cm³/mol. The van der Waals surface area contributed by atoms with E-state index < -0.39 is 6.43 Å². The van der Waals surface area contributed by atoms with E-state index in [0.29, 0.717) is 29.2 Å². The van der Waals surface area contributed by atoms with Crippen molar-refractivity contribution in [2.75, 3.05) is 5.32 Å². The summed E-state index contributed by atoms with van der Waals surface area (Å²) in [5.74, 6) is 0.0165. The van der Waals surface area contributed by atoms with Crippen molar-refractivity contribution in [1.29, 1.82) is 5.26 Å². The number of nitriles is 1. The normalized spacial score (nSPS) is 14.8. The molecule has 2 heterocycles. The molecule has 1 unspecified atom stereocenters. The van der Waals surface area contributed by atoms with Gasteiger partial charge in [-0.25, -0.2) is 13.8 Å². The molecule has 6 nitrogen and oxygen atoms in total. The van der Waals surface area contributed by atoms with Gasteiger partial charge in [0, 0.05) is 28.6 Å². The summed E-state index contributed by atoms with van der Waals surface area (Å²) in [7, 11) is 0. The summed E-state index contributed by atoms with van der Waals surface area (Å²) in [5, 5.41) is 16.9. The first kappa shape index (κ1) is 24.8. The number of carbonyl (C=O) groups is 1. The standard InChI is InChI=1S/C28H25F2N5OS/c29-26(30)11-7-18-6-10-24-25(13-18)37-28(33-24)34-27(36)22-3-1-2-20(12-22)16-35-17-23(15-32-35)21-8-4-19(14-31)5-9-21/h1-5,8-9,12,15,17-18,26H,6-7,10-11,13,16H2,(H,33,34,36). The van der Waals surface area contributed by atoms with E-state index >= 15 is 0 Å². The Bertz CT molecular complexity index is 1440. The highest BCUT2D eigenvalue weighted by atomic mass is 32.1. The summed E-state index contributed by atoms with van der Waals surface area (Å²) in [5.41, 5.74) is 4.96. The predicted octanol–water partition coefficient (Wildman–Crippen LogP) is 6.33. The number of nitrogens with zero attached hydrogens (tertiary/aromatic N) is 4. The van der Waals surface area contributed by atoms with Crippen LogP contribution in [0.4, 0.5) is 13.9 Å². The molecule has 37 heavy (non-hydrogen) atoms. The first-order valence-electron chi connectivity index (χ1n) is 12.2. The molecule has 0 bridgehead atoms. The molecule has 0 fully saturated rings. The maximum atomic E-state index is 12.9. The Morgan fingerprint density at radius 3 is 2.84 bits per heavy atom. The van der Waals surface area contributed by atoms with E-state index in [9.17, 15) is 13.6 Å². The smallest absolute Gasteiger partial charge is 0.257 e. The lowest BCUT2D eigenvalue weighted by Gasteiger charge is -2.20. The molecule has 4 aromatic rings. The third-order valence-corrected chi connectivity index (χ3v) is 7.61. The van der Waals surface area contributed by atoms with Crippen LogP contribution in [0.5, 0.6) is 0 Å². The molecular weight excluding hydrogens is 492 g/mol. The minimum absolute atomic E-state index is 0.0615. The first-order valence-corrected chi connectivity index (χ1v) is 13.0.